The van der Waals surface area contributed by atoms with Crippen molar-refractivity contribution in [3.63, 3.8) is 0 Å². The largest absolute Gasteiger partial charge is 0.282 e. The van der Waals surface area contributed by atoms with E-state index < -0.39 is 10.0 Å². The molecule has 3 rings (SSSR count). The van der Waals surface area contributed by atoms with Gasteiger partial charge in [0.05, 0.1) is 34.6 Å². The summed E-state index contributed by atoms with van der Waals surface area (Å²) in [5.74, 6) is 6.15. The van der Waals surface area contributed by atoms with Gasteiger partial charge in [-0.15, -0.1) is 0 Å². The van der Waals surface area contributed by atoms with Crippen molar-refractivity contribution in [2.75, 3.05) is 11.0 Å². The lowest BCUT2D eigenvalue weighted by Crippen LogP contribution is -2.11. The van der Waals surface area contributed by atoms with E-state index in [1.54, 1.807) is 25.4 Å². The number of hydrogen-bond donors (Lipinski definition) is 1. The van der Waals surface area contributed by atoms with Gasteiger partial charge in [0.1, 0.15) is 6.33 Å². The zero-order valence-corrected chi connectivity index (χ0v) is 16.8. The first-order valence-electron chi connectivity index (χ1n) is 8.44. The molecule has 0 radical (unpaired) electrons. The van der Waals surface area contributed by atoms with Crippen LogP contribution in [-0.2, 0) is 10.0 Å². The molecule has 0 aromatic carbocycles. The van der Waals surface area contributed by atoms with Crippen molar-refractivity contribution >= 4 is 15.7 Å². The van der Waals surface area contributed by atoms with Crippen molar-refractivity contribution < 1.29 is 8.42 Å². The lowest BCUT2D eigenvalue weighted by atomic mass is 10.0. The molecule has 0 atom stereocenters. The lowest BCUT2D eigenvalue weighted by Gasteiger charge is -2.07. The first-order chi connectivity index (χ1) is 13.2. The first-order valence-corrected chi connectivity index (χ1v) is 10.3. The van der Waals surface area contributed by atoms with Gasteiger partial charge < -0.3 is 0 Å². The number of aryl methyl sites for hydroxylation is 3. The Morgan fingerprint density at radius 1 is 0.964 bits per heavy atom. The smallest absolute Gasteiger partial charge is 0.229 e. The third-order valence-electron chi connectivity index (χ3n) is 3.92. The number of rotatable bonds is 3. The highest BCUT2D eigenvalue weighted by Crippen LogP contribution is 2.22. The Balaban J connectivity index is 2.05. The van der Waals surface area contributed by atoms with Crippen molar-refractivity contribution in [2.45, 2.75) is 20.8 Å². The Morgan fingerprint density at radius 2 is 1.75 bits per heavy atom. The fourth-order valence-electron chi connectivity index (χ4n) is 2.57. The number of nitrogens with one attached hydrogen (secondary N) is 1. The van der Waals surface area contributed by atoms with Crippen LogP contribution in [0.15, 0.2) is 36.9 Å². The minimum absolute atomic E-state index is 0.403. The molecule has 0 aliphatic heterocycles. The van der Waals surface area contributed by atoms with Gasteiger partial charge in [-0.25, -0.2) is 18.4 Å². The molecule has 7 nitrogen and oxygen atoms in total. The molecule has 3 aromatic heterocycles. The second-order valence-corrected chi connectivity index (χ2v) is 8.10. The summed E-state index contributed by atoms with van der Waals surface area (Å²) in [5.41, 5.74) is 5.52. The molecular weight excluding hydrogens is 374 g/mol. The predicted octanol–water partition coefficient (Wildman–Crippen LogP) is 2.63. The third kappa shape index (κ3) is 4.69. The van der Waals surface area contributed by atoms with E-state index in [2.05, 4.69) is 36.5 Å². The zero-order chi connectivity index (χ0) is 20.3. The molecule has 0 aliphatic rings. The Morgan fingerprint density at radius 3 is 2.46 bits per heavy atom. The maximum absolute atomic E-state index is 11.5. The average Bonchev–Trinajstić information content (AvgIpc) is 2.62. The molecule has 0 spiro atoms. The van der Waals surface area contributed by atoms with Gasteiger partial charge in [0.25, 0.3) is 0 Å². The molecule has 3 aromatic rings. The SMILES string of the molecule is Cc1cc(-c2ncnc(C)c2C#Cc2cnc(C)c(NS(C)(=O)=O)c2)ccn1. The number of aromatic nitrogens is 4. The maximum Gasteiger partial charge on any atom is 0.229 e. The van der Waals surface area contributed by atoms with Crippen LogP contribution in [0, 0.1) is 32.6 Å². The van der Waals surface area contributed by atoms with Crippen molar-refractivity contribution in [2.24, 2.45) is 0 Å². The molecular formula is C20H19N5O2S. The molecule has 0 unspecified atom stereocenters. The van der Waals surface area contributed by atoms with Gasteiger partial charge in [-0.05, 0) is 39.0 Å². The molecule has 0 bridgehead atoms. The van der Waals surface area contributed by atoms with Gasteiger partial charge >= 0.3 is 0 Å². The summed E-state index contributed by atoms with van der Waals surface area (Å²) in [5, 5.41) is 0. The zero-order valence-electron chi connectivity index (χ0n) is 16.0. The number of anilines is 1. The van der Waals surface area contributed by atoms with Crippen molar-refractivity contribution in [3.8, 4) is 23.1 Å². The van der Waals surface area contributed by atoms with Crippen LogP contribution in [0.2, 0.25) is 0 Å². The molecule has 0 fully saturated rings. The van der Waals surface area contributed by atoms with Crippen LogP contribution in [0.4, 0.5) is 5.69 Å². The highest BCUT2D eigenvalue weighted by Gasteiger charge is 2.10. The van der Waals surface area contributed by atoms with E-state index in [1.807, 2.05) is 26.0 Å². The summed E-state index contributed by atoms with van der Waals surface area (Å²) >= 11 is 0. The van der Waals surface area contributed by atoms with E-state index in [1.165, 1.54) is 6.33 Å². The standard InChI is InChI=1S/C20H19N5O2S/c1-13-9-17(7-8-21-13)20-18(14(2)23-12-24-20)6-5-16-10-19(15(3)22-11-16)25-28(4,26)27/h7-12,25H,1-4H3. The molecule has 142 valence electrons. The minimum atomic E-state index is -3.40. The number of sulfonamides is 1. The summed E-state index contributed by atoms with van der Waals surface area (Å²) in [4.78, 5) is 17.1. The quantitative estimate of drug-likeness (QED) is 0.687. The van der Waals surface area contributed by atoms with Gasteiger partial charge in [0.15, 0.2) is 0 Å². The summed E-state index contributed by atoms with van der Waals surface area (Å²) in [6.45, 7) is 5.51. The second kappa shape index (κ2) is 7.74. The van der Waals surface area contributed by atoms with Crippen molar-refractivity contribution in [1.82, 2.24) is 19.9 Å². The minimum Gasteiger partial charge on any atom is -0.282 e. The molecule has 1 N–H and O–H groups in total. The average molecular weight is 393 g/mol. The number of nitrogens with zero attached hydrogens (tertiary/aromatic N) is 4. The topological polar surface area (TPSA) is 97.7 Å². The predicted molar refractivity (Wildman–Crippen MR) is 108 cm³/mol. The number of hydrogen-bond acceptors (Lipinski definition) is 6. The fraction of sp³-hybridized carbons (Fsp3) is 0.200. The van der Waals surface area contributed by atoms with Crippen LogP contribution in [0.1, 0.15) is 28.2 Å². The van der Waals surface area contributed by atoms with E-state index in [0.29, 0.717) is 22.5 Å². The Kier molecular flexibility index (Phi) is 5.38. The molecule has 8 heteroatoms. The van der Waals surface area contributed by atoms with Gasteiger partial charge in [-0.2, -0.15) is 0 Å². The van der Waals surface area contributed by atoms with Crippen LogP contribution in [-0.4, -0.2) is 34.6 Å². The van der Waals surface area contributed by atoms with Crippen molar-refractivity contribution in [1.29, 1.82) is 0 Å². The molecule has 0 saturated carbocycles. The van der Waals surface area contributed by atoms with Crippen molar-refractivity contribution in [3.05, 3.63) is 65.1 Å². The van der Waals surface area contributed by atoms with Gasteiger partial charge in [-0.3, -0.25) is 14.7 Å². The van der Waals surface area contributed by atoms with Gasteiger partial charge in [-0.1, -0.05) is 11.8 Å². The Bertz CT molecular complexity index is 1210. The van der Waals surface area contributed by atoms with Gasteiger partial charge in [0.2, 0.25) is 10.0 Å². The van der Waals surface area contributed by atoms with Gasteiger partial charge in [0, 0.05) is 29.2 Å². The Labute approximate surface area is 164 Å². The van der Waals surface area contributed by atoms with Crippen LogP contribution in [0.25, 0.3) is 11.3 Å². The lowest BCUT2D eigenvalue weighted by molar-refractivity contribution is 0.606. The summed E-state index contributed by atoms with van der Waals surface area (Å²) in [6, 6.07) is 5.47. The van der Waals surface area contributed by atoms with Crippen LogP contribution in [0.3, 0.4) is 0 Å². The summed E-state index contributed by atoms with van der Waals surface area (Å²) in [7, 11) is -3.40. The second-order valence-electron chi connectivity index (χ2n) is 6.35. The Hall–Kier alpha value is -3.31. The van der Waals surface area contributed by atoms with E-state index in [0.717, 1.165) is 28.9 Å². The highest BCUT2D eigenvalue weighted by molar-refractivity contribution is 7.92. The van der Waals surface area contributed by atoms with E-state index in [9.17, 15) is 8.42 Å². The van der Waals surface area contributed by atoms with E-state index >= 15 is 0 Å². The number of pyridine rings is 2. The van der Waals surface area contributed by atoms with Crippen LogP contribution in [0.5, 0.6) is 0 Å². The van der Waals surface area contributed by atoms with Crippen LogP contribution < -0.4 is 4.72 Å². The first kappa shape index (κ1) is 19.5. The summed E-state index contributed by atoms with van der Waals surface area (Å²) in [6.07, 6.45) is 5.93. The highest BCUT2D eigenvalue weighted by atomic mass is 32.2. The van der Waals surface area contributed by atoms with E-state index in [-0.39, 0.29) is 0 Å². The monoisotopic (exact) mass is 393 g/mol. The van der Waals surface area contributed by atoms with Crippen LogP contribution >= 0.6 is 0 Å². The molecule has 0 saturated heterocycles. The molecule has 0 aliphatic carbocycles. The molecule has 28 heavy (non-hydrogen) atoms. The molecule has 3 heterocycles. The fourth-order valence-corrected chi connectivity index (χ4v) is 3.18. The third-order valence-corrected chi connectivity index (χ3v) is 4.51. The maximum atomic E-state index is 11.5. The normalized spacial score (nSPS) is 10.9. The van der Waals surface area contributed by atoms with E-state index in [4.69, 9.17) is 0 Å². The summed E-state index contributed by atoms with van der Waals surface area (Å²) < 4.78 is 25.5. The molecule has 0 amide bonds.